The Hall–Kier alpha value is -3.36. The first kappa shape index (κ1) is 16.5. The molecular formula is C19H12ClN3O2. The number of nitrogens with zero attached hydrogens (tertiary/aromatic N) is 3. The second-order valence-electron chi connectivity index (χ2n) is 5.25. The molecule has 0 radical (unpaired) electrons. The third-order valence-corrected chi connectivity index (χ3v) is 3.94. The van der Waals surface area contributed by atoms with Crippen LogP contribution in [0.3, 0.4) is 0 Å². The third kappa shape index (κ3) is 3.60. The monoisotopic (exact) mass is 349 g/mol. The predicted molar refractivity (Wildman–Crippen MR) is 97.4 cm³/mol. The minimum atomic E-state index is -0.436. The molecule has 6 heteroatoms. The number of halogens is 1. The number of hydrogen-bond acceptors (Lipinski definition) is 3. The average molecular weight is 350 g/mol. The number of aromatic nitrogens is 1. The van der Waals surface area contributed by atoms with Crippen LogP contribution in [0.1, 0.15) is 11.3 Å². The van der Waals surface area contributed by atoms with Gasteiger partial charge in [0.25, 0.3) is 5.69 Å². The van der Waals surface area contributed by atoms with Gasteiger partial charge in [0.1, 0.15) is 0 Å². The molecule has 0 atom stereocenters. The van der Waals surface area contributed by atoms with Gasteiger partial charge in [-0.3, -0.25) is 10.1 Å². The Morgan fingerprint density at radius 2 is 1.80 bits per heavy atom. The summed E-state index contributed by atoms with van der Waals surface area (Å²) < 4.78 is 1.86. The van der Waals surface area contributed by atoms with Gasteiger partial charge < -0.3 is 4.57 Å². The molecule has 0 bridgehead atoms. The highest BCUT2D eigenvalue weighted by Gasteiger charge is 2.08. The number of benzene rings is 2. The Balaban J connectivity index is 1.99. The average Bonchev–Trinajstić information content (AvgIpc) is 3.09. The number of non-ortho nitro benzene ring substituents is 1. The predicted octanol–water partition coefficient (Wildman–Crippen LogP) is 5.10. The Morgan fingerprint density at radius 3 is 2.40 bits per heavy atom. The van der Waals surface area contributed by atoms with Crippen LogP contribution < -0.4 is 0 Å². The van der Waals surface area contributed by atoms with E-state index in [1.54, 1.807) is 42.5 Å². The lowest BCUT2D eigenvalue weighted by molar-refractivity contribution is -0.384. The summed E-state index contributed by atoms with van der Waals surface area (Å²) in [5.74, 6) is 0. The van der Waals surface area contributed by atoms with Crippen molar-refractivity contribution in [2.45, 2.75) is 0 Å². The van der Waals surface area contributed by atoms with Crippen molar-refractivity contribution in [1.29, 1.82) is 5.26 Å². The van der Waals surface area contributed by atoms with Crippen molar-refractivity contribution >= 4 is 28.9 Å². The number of rotatable bonds is 4. The Bertz CT molecular complexity index is 981. The van der Waals surface area contributed by atoms with Crippen molar-refractivity contribution in [3.63, 3.8) is 0 Å². The van der Waals surface area contributed by atoms with Gasteiger partial charge in [0.15, 0.2) is 0 Å². The number of nitriles is 1. The van der Waals surface area contributed by atoms with Crippen LogP contribution in [0, 0.1) is 21.4 Å². The minimum absolute atomic E-state index is 0.0341. The van der Waals surface area contributed by atoms with Gasteiger partial charge in [-0.05, 0) is 48.0 Å². The van der Waals surface area contributed by atoms with E-state index < -0.39 is 4.92 Å². The van der Waals surface area contributed by atoms with E-state index in [1.165, 1.54) is 12.1 Å². The smallest absolute Gasteiger partial charge is 0.269 e. The van der Waals surface area contributed by atoms with Gasteiger partial charge in [0.2, 0.25) is 0 Å². The fourth-order valence-corrected chi connectivity index (χ4v) is 2.57. The molecule has 122 valence electrons. The summed E-state index contributed by atoms with van der Waals surface area (Å²) in [4.78, 5) is 10.3. The van der Waals surface area contributed by atoms with Crippen LogP contribution in [0.15, 0.2) is 66.9 Å². The molecule has 25 heavy (non-hydrogen) atoms. The van der Waals surface area contributed by atoms with Crippen LogP contribution >= 0.6 is 11.6 Å². The van der Waals surface area contributed by atoms with E-state index in [-0.39, 0.29) is 5.69 Å². The van der Waals surface area contributed by atoms with Gasteiger partial charge in [0.05, 0.1) is 16.6 Å². The number of allylic oxidation sites excluding steroid dienone is 1. The lowest BCUT2D eigenvalue weighted by Gasteiger charge is -2.07. The van der Waals surface area contributed by atoms with Crippen LogP contribution in [0.2, 0.25) is 5.02 Å². The van der Waals surface area contributed by atoms with Gasteiger partial charge in [-0.2, -0.15) is 5.26 Å². The van der Waals surface area contributed by atoms with E-state index in [2.05, 4.69) is 6.07 Å². The zero-order valence-electron chi connectivity index (χ0n) is 13.0. The van der Waals surface area contributed by atoms with E-state index in [9.17, 15) is 15.4 Å². The van der Waals surface area contributed by atoms with Crippen LogP contribution in [-0.4, -0.2) is 9.49 Å². The molecule has 1 heterocycles. The number of hydrogen-bond donors (Lipinski definition) is 0. The molecule has 3 rings (SSSR count). The third-order valence-electron chi connectivity index (χ3n) is 3.69. The lowest BCUT2D eigenvalue weighted by atomic mass is 10.1. The summed E-state index contributed by atoms with van der Waals surface area (Å²) in [7, 11) is 0. The maximum absolute atomic E-state index is 10.8. The van der Waals surface area contributed by atoms with E-state index in [0.29, 0.717) is 10.6 Å². The highest BCUT2D eigenvalue weighted by Crippen LogP contribution is 2.23. The zero-order chi connectivity index (χ0) is 17.8. The first-order chi connectivity index (χ1) is 12.1. The van der Waals surface area contributed by atoms with Crippen LogP contribution in [0.5, 0.6) is 0 Å². The van der Waals surface area contributed by atoms with Gasteiger partial charge in [0, 0.05) is 34.7 Å². The highest BCUT2D eigenvalue weighted by molar-refractivity contribution is 6.30. The van der Waals surface area contributed by atoms with Crippen LogP contribution in [-0.2, 0) is 0 Å². The fourth-order valence-electron chi connectivity index (χ4n) is 2.44. The first-order valence-electron chi connectivity index (χ1n) is 7.38. The van der Waals surface area contributed by atoms with Crippen molar-refractivity contribution in [3.8, 4) is 11.8 Å². The number of nitro benzene ring substituents is 1. The summed E-state index contributed by atoms with van der Waals surface area (Å²) in [6, 6.07) is 19.2. The second kappa shape index (κ2) is 7.04. The molecule has 0 spiro atoms. The normalized spacial score (nSPS) is 11.1. The molecule has 0 aliphatic carbocycles. The molecule has 0 fully saturated rings. The first-order valence-corrected chi connectivity index (χ1v) is 7.76. The summed E-state index contributed by atoms with van der Waals surface area (Å²) in [5.41, 5.74) is 2.87. The van der Waals surface area contributed by atoms with E-state index >= 15 is 0 Å². The SMILES string of the molecule is N#C/C(=C\c1cccn1-c1ccc([N+](=O)[O-])cc1)c1ccc(Cl)cc1. The van der Waals surface area contributed by atoms with Crippen molar-refractivity contribution in [2.24, 2.45) is 0 Å². The van der Waals surface area contributed by atoms with Crippen LogP contribution in [0.4, 0.5) is 5.69 Å². The Kier molecular flexibility index (Phi) is 4.64. The molecule has 3 aromatic rings. The minimum Gasteiger partial charge on any atom is -0.317 e. The fraction of sp³-hybridized carbons (Fsp3) is 0. The topological polar surface area (TPSA) is 71.9 Å². The van der Waals surface area contributed by atoms with E-state index in [4.69, 9.17) is 11.6 Å². The molecule has 0 saturated carbocycles. The summed E-state index contributed by atoms with van der Waals surface area (Å²) in [5, 5.41) is 20.9. The van der Waals surface area contributed by atoms with Gasteiger partial charge in [-0.1, -0.05) is 23.7 Å². The maximum Gasteiger partial charge on any atom is 0.269 e. The molecular weight excluding hydrogens is 338 g/mol. The second-order valence-corrected chi connectivity index (χ2v) is 5.69. The van der Waals surface area contributed by atoms with Crippen molar-refractivity contribution in [2.75, 3.05) is 0 Å². The van der Waals surface area contributed by atoms with Gasteiger partial charge in [-0.25, -0.2) is 0 Å². The summed E-state index contributed by atoms with van der Waals surface area (Å²) in [6.07, 6.45) is 3.61. The van der Waals surface area contributed by atoms with E-state index in [0.717, 1.165) is 16.9 Å². The molecule has 0 aliphatic rings. The van der Waals surface area contributed by atoms with Crippen molar-refractivity contribution in [1.82, 2.24) is 4.57 Å². The Morgan fingerprint density at radius 1 is 1.12 bits per heavy atom. The summed E-state index contributed by atoms with van der Waals surface area (Å²) in [6.45, 7) is 0. The molecule has 0 amide bonds. The van der Waals surface area contributed by atoms with Gasteiger partial charge >= 0.3 is 0 Å². The highest BCUT2D eigenvalue weighted by atomic mass is 35.5. The van der Waals surface area contributed by atoms with Gasteiger partial charge in [-0.15, -0.1) is 0 Å². The molecule has 2 aromatic carbocycles. The molecule has 0 saturated heterocycles. The quantitative estimate of drug-likeness (QED) is 0.373. The van der Waals surface area contributed by atoms with Crippen molar-refractivity contribution in [3.05, 3.63) is 93.3 Å². The van der Waals surface area contributed by atoms with Crippen molar-refractivity contribution < 1.29 is 4.92 Å². The molecule has 5 nitrogen and oxygen atoms in total. The van der Waals surface area contributed by atoms with Crippen LogP contribution in [0.25, 0.3) is 17.3 Å². The lowest BCUT2D eigenvalue weighted by Crippen LogP contribution is -1.96. The number of nitro groups is 1. The molecule has 0 aliphatic heterocycles. The maximum atomic E-state index is 10.8. The van der Waals surface area contributed by atoms with E-state index in [1.807, 2.05) is 22.9 Å². The molecule has 1 aromatic heterocycles. The largest absolute Gasteiger partial charge is 0.317 e. The summed E-state index contributed by atoms with van der Waals surface area (Å²) >= 11 is 5.89. The standard InChI is InChI=1S/C19H12ClN3O2/c20-16-5-3-14(4-6-16)15(13-21)12-19-2-1-11-22(19)17-7-9-18(10-8-17)23(24)25/h1-12H/b15-12+. The Labute approximate surface area is 149 Å². The zero-order valence-corrected chi connectivity index (χ0v) is 13.7. The molecule has 0 unspecified atom stereocenters. The molecule has 0 N–H and O–H groups in total.